The topological polar surface area (TPSA) is 28.2 Å². The monoisotopic (exact) mass is 233 g/mol. The third-order valence-corrected chi connectivity index (χ3v) is 3.41. The van der Waals surface area contributed by atoms with E-state index in [2.05, 4.69) is 47.2 Å². The van der Waals surface area contributed by atoms with E-state index in [0.717, 1.165) is 24.8 Å². The second kappa shape index (κ2) is 6.12. The summed E-state index contributed by atoms with van der Waals surface area (Å²) in [4.78, 5) is 7.07. The summed E-state index contributed by atoms with van der Waals surface area (Å²) in [6.45, 7) is 8.70. The Hall–Kier alpha value is -0.930. The predicted octanol–water partition coefficient (Wildman–Crippen LogP) is 1.96. The van der Waals surface area contributed by atoms with E-state index in [1.807, 2.05) is 0 Å². The molecular formula is C14H23N3. The molecule has 0 aromatic carbocycles. The van der Waals surface area contributed by atoms with Crippen LogP contribution in [-0.2, 0) is 6.54 Å². The van der Waals surface area contributed by atoms with Gasteiger partial charge in [-0.05, 0) is 38.4 Å². The number of rotatable bonds is 4. The molecule has 1 fully saturated rings. The molecular weight excluding hydrogens is 210 g/mol. The highest BCUT2D eigenvalue weighted by Crippen LogP contribution is 2.13. The number of hydrogen-bond acceptors (Lipinski definition) is 3. The Labute approximate surface area is 104 Å². The van der Waals surface area contributed by atoms with Gasteiger partial charge in [-0.1, -0.05) is 13.0 Å². The van der Waals surface area contributed by atoms with E-state index < -0.39 is 0 Å². The summed E-state index contributed by atoms with van der Waals surface area (Å²) in [6, 6.07) is 7.01. The Morgan fingerprint density at radius 1 is 1.35 bits per heavy atom. The molecule has 0 atom stereocenters. The minimum Gasteiger partial charge on any atom is -0.314 e. The van der Waals surface area contributed by atoms with Crippen molar-refractivity contribution in [2.75, 3.05) is 19.6 Å². The van der Waals surface area contributed by atoms with Crippen molar-refractivity contribution in [1.29, 1.82) is 0 Å². The van der Waals surface area contributed by atoms with Crippen LogP contribution >= 0.6 is 0 Å². The molecule has 0 aliphatic carbocycles. The highest BCUT2D eigenvalue weighted by atomic mass is 15.1. The minimum absolute atomic E-state index is 0.724. The number of nitrogens with one attached hydrogen (secondary N) is 1. The van der Waals surface area contributed by atoms with E-state index in [9.17, 15) is 0 Å². The lowest BCUT2D eigenvalue weighted by Gasteiger charge is -2.32. The van der Waals surface area contributed by atoms with Crippen LogP contribution in [0.5, 0.6) is 0 Å². The van der Waals surface area contributed by atoms with Gasteiger partial charge in [-0.2, -0.15) is 0 Å². The fourth-order valence-electron chi connectivity index (χ4n) is 2.50. The SMILES string of the molecule is CCNC1CCN(Cc2cccc(C)n2)CC1. The third-order valence-electron chi connectivity index (χ3n) is 3.41. The number of likely N-dealkylation sites (tertiary alicyclic amines) is 1. The maximum atomic E-state index is 4.57. The summed E-state index contributed by atoms with van der Waals surface area (Å²) < 4.78 is 0. The number of pyridine rings is 1. The summed E-state index contributed by atoms with van der Waals surface area (Å²) in [5.74, 6) is 0. The van der Waals surface area contributed by atoms with Crippen LogP contribution in [0, 0.1) is 6.92 Å². The zero-order chi connectivity index (χ0) is 12.1. The first-order chi connectivity index (χ1) is 8.28. The molecule has 1 aromatic rings. The van der Waals surface area contributed by atoms with Gasteiger partial charge in [0.05, 0.1) is 5.69 Å². The van der Waals surface area contributed by atoms with E-state index in [1.54, 1.807) is 0 Å². The highest BCUT2D eigenvalue weighted by molar-refractivity contribution is 5.09. The number of hydrogen-bond donors (Lipinski definition) is 1. The van der Waals surface area contributed by atoms with Crippen molar-refractivity contribution < 1.29 is 0 Å². The van der Waals surface area contributed by atoms with Gasteiger partial charge in [0.25, 0.3) is 0 Å². The van der Waals surface area contributed by atoms with Crippen LogP contribution in [0.1, 0.15) is 31.2 Å². The van der Waals surface area contributed by atoms with E-state index in [1.165, 1.54) is 31.6 Å². The van der Waals surface area contributed by atoms with Crippen LogP contribution in [0.15, 0.2) is 18.2 Å². The molecule has 2 rings (SSSR count). The molecule has 1 N–H and O–H groups in total. The highest BCUT2D eigenvalue weighted by Gasteiger charge is 2.18. The molecule has 0 unspecified atom stereocenters. The van der Waals surface area contributed by atoms with Crippen LogP contribution in [0.4, 0.5) is 0 Å². The molecule has 0 amide bonds. The van der Waals surface area contributed by atoms with Crippen LogP contribution in [-0.4, -0.2) is 35.6 Å². The van der Waals surface area contributed by atoms with E-state index in [0.29, 0.717) is 0 Å². The Balaban J connectivity index is 1.82. The van der Waals surface area contributed by atoms with E-state index in [4.69, 9.17) is 0 Å². The molecule has 0 radical (unpaired) electrons. The van der Waals surface area contributed by atoms with Crippen LogP contribution in [0.25, 0.3) is 0 Å². The summed E-state index contributed by atoms with van der Waals surface area (Å²) in [5, 5.41) is 3.54. The summed E-state index contributed by atoms with van der Waals surface area (Å²) >= 11 is 0. The first-order valence-corrected chi connectivity index (χ1v) is 6.66. The van der Waals surface area contributed by atoms with Gasteiger partial charge in [0, 0.05) is 31.4 Å². The minimum atomic E-state index is 0.724. The van der Waals surface area contributed by atoms with E-state index >= 15 is 0 Å². The number of aromatic nitrogens is 1. The molecule has 3 nitrogen and oxygen atoms in total. The van der Waals surface area contributed by atoms with Gasteiger partial charge >= 0.3 is 0 Å². The lowest BCUT2D eigenvalue weighted by atomic mass is 10.0. The maximum Gasteiger partial charge on any atom is 0.0547 e. The maximum absolute atomic E-state index is 4.57. The molecule has 3 heteroatoms. The Bertz CT molecular complexity index is 343. The molecule has 0 saturated carbocycles. The Kier molecular flexibility index (Phi) is 4.51. The van der Waals surface area contributed by atoms with Crippen LogP contribution < -0.4 is 5.32 Å². The Morgan fingerprint density at radius 3 is 2.76 bits per heavy atom. The molecule has 0 bridgehead atoms. The van der Waals surface area contributed by atoms with Crippen molar-refractivity contribution in [3.05, 3.63) is 29.6 Å². The van der Waals surface area contributed by atoms with Gasteiger partial charge in [-0.3, -0.25) is 9.88 Å². The molecule has 17 heavy (non-hydrogen) atoms. The average molecular weight is 233 g/mol. The molecule has 1 saturated heterocycles. The van der Waals surface area contributed by atoms with Crippen molar-refractivity contribution >= 4 is 0 Å². The van der Waals surface area contributed by atoms with Crippen LogP contribution in [0.3, 0.4) is 0 Å². The van der Waals surface area contributed by atoms with Gasteiger partial charge in [0.15, 0.2) is 0 Å². The Morgan fingerprint density at radius 2 is 2.12 bits per heavy atom. The lowest BCUT2D eigenvalue weighted by molar-refractivity contribution is 0.190. The predicted molar refractivity (Wildman–Crippen MR) is 70.9 cm³/mol. The second-order valence-corrected chi connectivity index (χ2v) is 4.88. The normalized spacial score (nSPS) is 18.5. The first kappa shape index (κ1) is 12.5. The van der Waals surface area contributed by atoms with E-state index in [-0.39, 0.29) is 0 Å². The molecule has 2 heterocycles. The fraction of sp³-hybridized carbons (Fsp3) is 0.643. The molecule has 94 valence electrons. The second-order valence-electron chi connectivity index (χ2n) is 4.88. The average Bonchev–Trinajstić information content (AvgIpc) is 2.32. The van der Waals surface area contributed by atoms with Crippen molar-refractivity contribution in [3.63, 3.8) is 0 Å². The van der Waals surface area contributed by atoms with Crippen molar-refractivity contribution in [2.24, 2.45) is 0 Å². The fourth-order valence-corrected chi connectivity index (χ4v) is 2.50. The summed E-state index contributed by atoms with van der Waals surface area (Å²) in [5.41, 5.74) is 2.32. The lowest BCUT2D eigenvalue weighted by Crippen LogP contribution is -2.42. The zero-order valence-corrected chi connectivity index (χ0v) is 10.9. The molecule has 1 aliphatic heterocycles. The molecule has 0 spiro atoms. The quantitative estimate of drug-likeness (QED) is 0.861. The zero-order valence-electron chi connectivity index (χ0n) is 10.9. The summed E-state index contributed by atoms with van der Waals surface area (Å²) in [7, 11) is 0. The van der Waals surface area contributed by atoms with Crippen molar-refractivity contribution in [3.8, 4) is 0 Å². The van der Waals surface area contributed by atoms with Gasteiger partial charge in [0.1, 0.15) is 0 Å². The smallest absolute Gasteiger partial charge is 0.0547 e. The largest absolute Gasteiger partial charge is 0.314 e. The van der Waals surface area contributed by atoms with Crippen molar-refractivity contribution in [1.82, 2.24) is 15.2 Å². The number of piperidine rings is 1. The van der Waals surface area contributed by atoms with Gasteiger partial charge in [-0.25, -0.2) is 0 Å². The standard InChI is InChI=1S/C14H23N3/c1-3-15-13-7-9-17(10-8-13)11-14-6-4-5-12(2)16-14/h4-6,13,15H,3,7-11H2,1-2H3. The van der Waals surface area contributed by atoms with Gasteiger partial charge in [-0.15, -0.1) is 0 Å². The van der Waals surface area contributed by atoms with Gasteiger partial charge in [0.2, 0.25) is 0 Å². The molecule has 1 aliphatic rings. The van der Waals surface area contributed by atoms with Crippen LogP contribution in [0.2, 0.25) is 0 Å². The first-order valence-electron chi connectivity index (χ1n) is 6.66. The molecule has 1 aromatic heterocycles. The van der Waals surface area contributed by atoms with Crippen molar-refractivity contribution in [2.45, 2.75) is 39.3 Å². The number of aryl methyl sites for hydroxylation is 1. The third kappa shape index (κ3) is 3.79. The summed E-state index contributed by atoms with van der Waals surface area (Å²) in [6.07, 6.45) is 2.53. The number of nitrogens with zero attached hydrogens (tertiary/aromatic N) is 2. The van der Waals surface area contributed by atoms with Gasteiger partial charge < -0.3 is 5.32 Å².